The molecule has 0 saturated heterocycles. The van der Waals surface area contributed by atoms with Crippen LogP contribution in [0.5, 0.6) is 5.75 Å². The molecule has 1 heterocycles. The smallest absolute Gasteiger partial charge is 0.432 e. The molecule has 1 saturated carbocycles. The lowest BCUT2D eigenvalue weighted by molar-refractivity contribution is -0.678. The first-order valence-corrected chi connectivity index (χ1v) is 9.46. The Balaban J connectivity index is 1.57. The maximum Gasteiger partial charge on any atom is 0.432 e. The Morgan fingerprint density at radius 1 is 1.21 bits per heavy atom. The van der Waals surface area contributed by atoms with E-state index in [4.69, 9.17) is 9.26 Å². The number of ether oxygens (including phenoxy) is 1. The number of H-pyrrole nitrogens is 1. The first-order valence-electron chi connectivity index (χ1n) is 9.46. The maximum absolute atomic E-state index is 12.8. The molecule has 1 N–H and O–H groups in total. The van der Waals surface area contributed by atoms with Crippen molar-refractivity contribution >= 4 is 12.0 Å². The molecular weight excluding hydrogens is 370 g/mol. The van der Waals surface area contributed by atoms with Crippen LogP contribution in [0.3, 0.4) is 0 Å². The second-order valence-corrected chi connectivity index (χ2v) is 6.90. The number of amides is 1. The van der Waals surface area contributed by atoms with Gasteiger partial charge in [-0.2, -0.15) is 0 Å². The number of rotatable bonds is 7. The molecule has 4 rings (SSSR count). The van der Waals surface area contributed by atoms with Crippen molar-refractivity contribution in [2.24, 2.45) is 0 Å². The predicted octanol–water partition coefficient (Wildman–Crippen LogP) is 2.46. The molecular formula is C22H22N3O4+. The summed E-state index contributed by atoms with van der Waals surface area (Å²) in [4.78, 5) is 26.9. The Morgan fingerprint density at radius 2 is 1.93 bits per heavy atom. The molecule has 1 aliphatic rings. The molecule has 0 radical (unpaired) electrons. The minimum atomic E-state index is -0.494. The fraction of sp³-hybridized carbons (Fsp3) is 0.227. The number of hydrogen-bond acceptors (Lipinski definition) is 4. The predicted molar refractivity (Wildman–Crippen MR) is 106 cm³/mol. The van der Waals surface area contributed by atoms with Gasteiger partial charge in [0.1, 0.15) is 12.3 Å². The molecule has 3 aromatic rings. The van der Waals surface area contributed by atoms with Gasteiger partial charge in [-0.15, -0.1) is 0 Å². The Labute approximate surface area is 167 Å². The van der Waals surface area contributed by atoms with E-state index in [1.165, 1.54) is 0 Å². The number of methoxy groups -OCH3 is 1. The molecule has 0 aliphatic heterocycles. The Kier molecular flexibility index (Phi) is 5.29. The van der Waals surface area contributed by atoms with Crippen molar-refractivity contribution in [3.8, 4) is 11.4 Å². The van der Waals surface area contributed by atoms with Gasteiger partial charge in [0.05, 0.1) is 7.11 Å². The first-order chi connectivity index (χ1) is 14.2. The number of aromatic nitrogens is 2. The molecule has 0 spiro atoms. The van der Waals surface area contributed by atoms with Crippen LogP contribution in [0.4, 0.5) is 0 Å². The lowest BCUT2D eigenvalue weighted by Gasteiger charge is -2.17. The number of hydrogen-bond donors (Lipinski definition) is 1. The summed E-state index contributed by atoms with van der Waals surface area (Å²) in [5.41, 5.74) is 1.54. The molecule has 0 bridgehead atoms. The van der Waals surface area contributed by atoms with E-state index in [0.29, 0.717) is 11.4 Å². The summed E-state index contributed by atoms with van der Waals surface area (Å²) in [5.74, 6) is 0.584. The highest BCUT2D eigenvalue weighted by Crippen LogP contribution is 2.28. The van der Waals surface area contributed by atoms with Crippen LogP contribution in [0.15, 0.2) is 70.0 Å². The highest BCUT2D eigenvalue weighted by atomic mass is 16.5. The van der Waals surface area contributed by atoms with E-state index in [2.05, 4.69) is 5.27 Å². The van der Waals surface area contributed by atoms with E-state index < -0.39 is 5.63 Å². The van der Waals surface area contributed by atoms with Gasteiger partial charge < -0.3 is 9.64 Å². The topological polar surface area (TPSA) is 79.4 Å². The Bertz CT molecular complexity index is 1060. The number of nitrogens with one attached hydrogen (secondary N) is 1. The van der Waals surface area contributed by atoms with E-state index in [9.17, 15) is 9.59 Å². The quantitative estimate of drug-likeness (QED) is 0.495. The molecule has 1 amide bonds. The zero-order chi connectivity index (χ0) is 20.2. The van der Waals surface area contributed by atoms with Crippen molar-refractivity contribution in [2.45, 2.75) is 25.4 Å². The highest BCUT2D eigenvalue weighted by Gasteiger charge is 2.36. The summed E-state index contributed by atoms with van der Waals surface area (Å²) in [7, 11) is 1.59. The second-order valence-electron chi connectivity index (χ2n) is 6.90. The van der Waals surface area contributed by atoms with Crippen LogP contribution >= 0.6 is 0 Å². The zero-order valence-electron chi connectivity index (χ0n) is 16.1. The van der Waals surface area contributed by atoms with Gasteiger partial charge in [0.25, 0.3) is 0 Å². The van der Waals surface area contributed by atoms with Gasteiger partial charge in [0.15, 0.2) is 0 Å². The van der Waals surface area contributed by atoms with E-state index in [0.717, 1.165) is 24.1 Å². The molecule has 0 atom stereocenters. The van der Waals surface area contributed by atoms with Crippen LogP contribution in [0.1, 0.15) is 24.1 Å². The second kappa shape index (κ2) is 8.18. The van der Waals surface area contributed by atoms with Crippen molar-refractivity contribution < 1.29 is 18.7 Å². The molecule has 7 nitrogen and oxygen atoms in total. The van der Waals surface area contributed by atoms with Crippen molar-refractivity contribution in [1.82, 2.24) is 10.2 Å². The zero-order valence-corrected chi connectivity index (χ0v) is 16.1. The van der Waals surface area contributed by atoms with Crippen LogP contribution in [0.25, 0.3) is 11.8 Å². The van der Waals surface area contributed by atoms with Crippen LogP contribution in [-0.2, 0) is 11.3 Å². The number of aromatic amines is 1. The Morgan fingerprint density at radius 3 is 2.59 bits per heavy atom. The summed E-state index contributed by atoms with van der Waals surface area (Å²) < 4.78 is 11.7. The maximum atomic E-state index is 12.8. The van der Waals surface area contributed by atoms with Crippen molar-refractivity contribution in [3.05, 3.63) is 82.4 Å². The summed E-state index contributed by atoms with van der Waals surface area (Å²) in [6, 6.07) is 17.0. The van der Waals surface area contributed by atoms with Gasteiger partial charge in [-0.25, -0.2) is 4.79 Å². The van der Waals surface area contributed by atoms with Gasteiger partial charge in [-0.05, 0) is 46.6 Å². The molecule has 0 unspecified atom stereocenters. The molecule has 7 heteroatoms. The van der Waals surface area contributed by atoms with Crippen molar-refractivity contribution in [2.75, 3.05) is 7.11 Å². The summed E-state index contributed by atoms with van der Waals surface area (Å²) >= 11 is 0. The SMILES string of the molecule is COc1ccc(-[n+]2[nH]oc(=O)c2CN(C(=O)/C=C/c2ccccc2)C2CC2)cc1. The van der Waals surface area contributed by atoms with E-state index in [1.807, 2.05) is 42.5 Å². The fourth-order valence-corrected chi connectivity index (χ4v) is 3.13. The average molecular weight is 392 g/mol. The Hall–Kier alpha value is -3.61. The standard InChI is InChI=1S/C22H21N3O4/c1-28-19-12-10-18(11-13-19)25-20(22(27)29-23-25)15-24(17-8-9-17)21(26)14-7-16-5-3-2-4-6-16/h2-7,10-14,17H,8-9,15H2,1H3/p+1/b14-7+. The van der Waals surface area contributed by atoms with Gasteiger partial charge in [-0.3, -0.25) is 9.32 Å². The van der Waals surface area contributed by atoms with Gasteiger partial charge >= 0.3 is 11.3 Å². The first kappa shape index (κ1) is 18.7. The minimum Gasteiger partial charge on any atom is -0.497 e. The van der Waals surface area contributed by atoms with E-state index in [1.54, 1.807) is 41.0 Å². The number of nitrogens with zero attached hydrogens (tertiary/aromatic N) is 2. The number of carbonyl (C=O) groups is 1. The molecule has 1 aromatic heterocycles. The summed E-state index contributed by atoms with van der Waals surface area (Å²) in [6.45, 7) is 0.167. The lowest BCUT2D eigenvalue weighted by Crippen LogP contribution is -2.43. The fourth-order valence-electron chi connectivity index (χ4n) is 3.13. The molecule has 2 aromatic carbocycles. The third-order valence-electron chi connectivity index (χ3n) is 4.87. The van der Waals surface area contributed by atoms with Gasteiger partial charge in [0, 0.05) is 24.3 Å². The average Bonchev–Trinajstić information content (AvgIpc) is 3.54. The van der Waals surface area contributed by atoms with Crippen LogP contribution in [0.2, 0.25) is 0 Å². The molecule has 29 heavy (non-hydrogen) atoms. The normalized spacial score (nSPS) is 13.6. The lowest BCUT2D eigenvalue weighted by atomic mass is 10.2. The number of carbonyl (C=O) groups excluding carboxylic acids is 1. The van der Waals surface area contributed by atoms with Crippen molar-refractivity contribution in [3.63, 3.8) is 0 Å². The van der Waals surface area contributed by atoms with Crippen LogP contribution in [-0.4, -0.2) is 29.2 Å². The van der Waals surface area contributed by atoms with Gasteiger partial charge in [0.2, 0.25) is 11.6 Å². The van der Waals surface area contributed by atoms with E-state index in [-0.39, 0.29) is 18.5 Å². The van der Waals surface area contributed by atoms with Crippen LogP contribution in [0, 0.1) is 0 Å². The summed E-state index contributed by atoms with van der Waals surface area (Å²) in [6.07, 6.45) is 5.21. The van der Waals surface area contributed by atoms with Crippen molar-refractivity contribution in [1.29, 1.82) is 0 Å². The van der Waals surface area contributed by atoms with Gasteiger partial charge in [-0.1, -0.05) is 30.3 Å². The third kappa shape index (κ3) is 4.29. The minimum absolute atomic E-state index is 0.127. The number of benzene rings is 2. The highest BCUT2D eigenvalue weighted by molar-refractivity contribution is 5.92. The third-order valence-corrected chi connectivity index (χ3v) is 4.87. The summed E-state index contributed by atoms with van der Waals surface area (Å²) in [5, 5.41) is 2.62. The largest absolute Gasteiger partial charge is 0.497 e. The monoisotopic (exact) mass is 392 g/mol. The molecule has 148 valence electrons. The van der Waals surface area contributed by atoms with E-state index >= 15 is 0 Å². The molecule has 1 aliphatic carbocycles. The molecule has 1 fully saturated rings. The van der Waals surface area contributed by atoms with Crippen LogP contribution < -0.4 is 15.0 Å².